The minimum atomic E-state index is -1.87. The third kappa shape index (κ3) is 2.61. The highest BCUT2D eigenvalue weighted by Gasteiger charge is 2.50. The zero-order chi connectivity index (χ0) is 12.3. The molecule has 0 saturated carbocycles. The molecule has 0 radical (unpaired) electrons. The second-order valence-electron chi connectivity index (χ2n) is 3.94. The molecule has 0 aromatic heterocycles. The molecular formula is C12H16MgO4. The fourth-order valence-electron chi connectivity index (χ4n) is 1.87. The van der Waals surface area contributed by atoms with Gasteiger partial charge in [-0.25, -0.2) is 0 Å². The van der Waals surface area contributed by atoms with Gasteiger partial charge < -0.3 is 10.2 Å². The fraction of sp³-hybridized carbons (Fsp3) is 0.333. The average molecular weight is 249 g/mol. The summed E-state index contributed by atoms with van der Waals surface area (Å²) in [6.45, 7) is 3.18. The number of carboxylic acid groups (broad SMARTS) is 2. The van der Waals surface area contributed by atoms with Gasteiger partial charge in [-0.2, -0.15) is 0 Å². The van der Waals surface area contributed by atoms with Crippen LogP contribution in [0.15, 0.2) is 30.3 Å². The zero-order valence-electron chi connectivity index (χ0n) is 9.18. The van der Waals surface area contributed by atoms with Crippen molar-refractivity contribution in [1.82, 2.24) is 0 Å². The lowest BCUT2D eigenvalue weighted by Gasteiger charge is -2.29. The van der Waals surface area contributed by atoms with Crippen molar-refractivity contribution in [3.8, 4) is 0 Å². The molecule has 0 amide bonds. The monoisotopic (exact) mass is 248 g/mol. The summed E-state index contributed by atoms with van der Waals surface area (Å²) >= 11 is 0. The first-order chi connectivity index (χ1) is 7.44. The van der Waals surface area contributed by atoms with Gasteiger partial charge in [0, 0.05) is 0 Å². The molecule has 17 heavy (non-hydrogen) atoms. The van der Waals surface area contributed by atoms with Crippen LogP contribution in [0.5, 0.6) is 0 Å². The maximum atomic E-state index is 11.3. The summed E-state index contributed by atoms with van der Waals surface area (Å²) in [6, 6.07) is 8.06. The molecule has 0 unspecified atom stereocenters. The van der Waals surface area contributed by atoms with Gasteiger partial charge >= 0.3 is 35.0 Å². The van der Waals surface area contributed by atoms with Crippen LogP contribution < -0.4 is 0 Å². The standard InChI is InChI=1S/C12H14O4.Mg.2H/c1-8(2)12(10(13)14,11(15)16)9-6-4-3-5-7-9;;;/h3-8H,1-2H3,(H,13,14)(H,15,16);;;. The Hall–Kier alpha value is -1.07. The molecule has 0 saturated heterocycles. The van der Waals surface area contributed by atoms with Crippen molar-refractivity contribution in [2.45, 2.75) is 19.3 Å². The van der Waals surface area contributed by atoms with Crippen molar-refractivity contribution in [2.24, 2.45) is 5.92 Å². The van der Waals surface area contributed by atoms with Gasteiger partial charge in [0.25, 0.3) is 0 Å². The normalized spacial score (nSPS) is 10.8. The van der Waals surface area contributed by atoms with Gasteiger partial charge in [-0.05, 0) is 11.5 Å². The van der Waals surface area contributed by atoms with Crippen LogP contribution in [-0.4, -0.2) is 45.2 Å². The maximum Gasteiger partial charge on any atom is 0.325 e. The number of rotatable bonds is 4. The molecule has 2 N–H and O–H groups in total. The van der Waals surface area contributed by atoms with Crippen molar-refractivity contribution in [3.05, 3.63) is 35.9 Å². The average Bonchev–Trinajstić information content (AvgIpc) is 2.18. The zero-order valence-corrected chi connectivity index (χ0v) is 9.18. The molecule has 1 rings (SSSR count). The van der Waals surface area contributed by atoms with Gasteiger partial charge in [0.1, 0.15) is 0 Å². The number of carboxylic acids is 2. The van der Waals surface area contributed by atoms with E-state index in [9.17, 15) is 19.8 Å². The summed E-state index contributed by atoms with van der Waals surface area (Å²) in [5, 5.41) is 18.5. The third-order valence-electron chi connectivity index (χ3n) is 2.77. The molecular weight excluding hydrogens is 232 g/mol. The van der Waals surface area contributed by atoms with Crippen molar-refractivity contribution >= 4 is 35.0 Å². The first-order valence-corrected chi connectivity index (χ1v) is 4.96. The van der Waals surface area contributed by atoms with Crippen LogP contribution in [0.3, 0.4) is 0 Å². The van der Waals surface area contributed by atoms with Crippen LogP contribution in [0.1, 0.15) is 19.4 Å². The summed E-state index contributed by atoms with van der Waals surface area (Å²) < 4.78 is 0. The number of benzene rings is 1. The highest BCUT2D eigenvalue weighted by atomic mass is 24.3. The van der Waals surface area contributed by atoms with E-state index in [1.807, 2.05) is 0 Å². The number of carbonyl (C=O) groups is 2. The van der Waals surface area contributed by atoms with E-state index in [0.717, 1.165) is 0 Å². The Morgan fingerprint density at radius 1 is 1.06 bits per heavy atom. The molecule has 0 spiro atoms. The predicted octanol–water partition coefficient (Wildman–Crippen LogP) is 0.833. The third-order valence-corrected chi connectivity index (χ3v) is 2.77. The SMILES string of the molecule is CC(C)C(C(=O)O)(C(=O)O)c1ccccc1.[MgH2]. The van der Waals surface area contributed by atoms with Crippen LogP contribution in [0.25, 0.3) is 0 Å². The van der Waals surface area contributed by atoms with Crippen LogP contribution in [0, 0.1) is 5.92 Å². The van der Waals surface area contributed by atoms with E-state index >= 15 is 0 Å². The summed E-state index contributed by atoms with van der Waals surface area (Å²) in [6.07, 6.45) is 0. The molecule has 0 fully saturated rings. The molecule has 5 heteroatoms. The number of hydrogen-bond acceptors (Lipinski definition) is 2. The van der Waals surface area contributed by atoms with Crippen molar-refractivity contribution < 1.29 is 19.8 Å². The van der Waals surface area contributed by atoms with Crippen LogP contribution in [0.2, 0.25) is 0 Å². The summed E-state index contributed by atoms with van der Waals surface area (Å²) in [5.41, 5.74) is -1.58. The predicted molar refractivity (Wildman–Crippen MR) is 66.8 cm³/mol. The van der Waals surface area contributed by atoms with E-state index in [1.165, 1.54) is 12.1 Å². The second kappa shape index (κ2) is 6.02. The van der Waals surface area contributed by atoms with Gasteiger partial charge in [0.15, 0.2) is 5.41 Å². The highest BCUT2D eigenvalue weighted by Crippen LogP contribution is 2.33. The molecule has 0 aliphatic rings. The molecule has 90 valence electrons. The van der Waals surface area contributed by atoms with Gasteiger partial charge in [0.2, 0.25) is 0 Å². The first-order valence-electron chi connectivity index (χ1n) is 4.96. The molecule has 0 heterocycles. The van der Waals surface area contributed by atoms with Crippen molar-refractivity contribution in [2.75, 3.05) is 0 Å². The molecule has 4 nitrogen and oxygen atoms in total. The van der Waals surface area contributed by atoms with Crippen LogP contribution >= 0.6 is 0 Å². The second-order valence-corrected chi connectivity index (χ2v) is 3.94. The van der Waals surface area contributed by atoms with E-state index in [4.69, 9.17) is 0 Å². The van der Waals surface area contributed by atoms with E-state index < -0.39 is 23.3 Å². The molecule has 0 atom stereocenters. The number of aliphatic carboxylic acids is 2. The lowest BCUT2D eigenvalue weighted by atomic mass is 9.71. The minimum absolute atomic E-state index is 0. The Morgan fingerprint density at radius 2 is 1.47 bits per heavy atom. The van der Waals surface area contributed by atoms with E-state index in [1.54, 1.807) is 32.0 Å². The molecule has 1 aromatic carbocycles. The first kappa shape index (κ1) is 15.9. The van der Waals surface area contributed by atoms with Gasteiger partial charge in [-0.3, -0.25) is 9.59 Å². The van der Waals surface area contributed by atoms with Crippen LogP contribution in [0.4, 0.5) is 0 Å². The van der Waals surface area contributed by atoms with Crippen LogP contribution in [-0.2, 0) is 15.0 Å². The molecule has 0 aliphatic carbocycles. The van der Waals surface area contributed by atoms with Crippen molar-refractivity contribution in [3.63, 3.8) is 0 Å². The maximum absolute atomic E-state index is 11.3. The molecule has 0 aliphatic heterocycles. The lowest BCUT2D eigenvalue weighted by molar-refractivity contribution is -0.160. The Morgan fingerprint density at radius 3 is 1.76 bits per heavy atom. The highest BCUT2D eigenvalue weighted by molar-refractivity contribution is 6.05. The number of hydrogen-bond donors (Lipinski definition) is 2. The Balaban J connectivity index is 0.00000256. The van der Waals surface area contributed by atoms with E-state index in [0.29, 0.717) is 5.56 Å². The van der Waals surface area contributed by atoms with E-state index in [2.05, 4.69) is 0 Å². The van der Waals surface area contributed by atoms with Crippen molar-refractivity contribution in [1.29, 1.82) is 0 Å². The molecule has 0 bridgehead atoms. The quantitative estimate of drug-likeness (QED) is 0.611. The van der Waals surface area contributed by atoms with Gasteiger partial charge in [-0.1, -0.05) is 44.2 Å². The fourth-order valence-corrected chi connectivity index (χ4v) is 1.87. The summed E-state index contributed by atoms with van der Waals surface area (Å²) in [5.74, 6) is -3.20. The summed E-state index contributed by atoms with van der Waals surface area (Å²) in [7, 11) is 0. The Labute approximate surface area is 116 Å². The topological polar surface area (TPSA) is 74.6 Å². The largest absolute Gasteiger partial charge is 0.480 e. The lowest BCUT2D eigenvalue weighted by Crippen LogP contribution is -2.48. The minimum Gasteiger partial charge on any atom is -0.480 e. The Bertz CT molecular complexity index is 386. The van der Waals surface area contributed by atoms with Gasteiger partial charge in [0.05, 0.1) is 0 Å². The smallest absolute Gasteiger partial charge is 0.325 e. The molecule has 1 aromatic rings. The Kier molecular flexibility index (Phi) is 5.64. The van der Waals surface area contributed by atoms with Gasteiger partial charge in [-0.15, -0.1) is 0 Å². The van der Waals surface area contributed by atoms with E-state index in [-0.39, 0.29) is 23.1 Å². The summed E-state index contributed by atoms with van der Waals surface area (Å²) in [4.78, 5) is 22.6.